The molecule has 4 nitrogen and oxygen atoms in total. The van der Waals surface area contributed by atoms with E-state index in [1.807, 2.05) is 51.3 Å². The van der Waals surface area contributed by atoms with Gasteiger partial charge in [-0.15, -0.1) is 11.3 Å². The quantitative estimate of drug-likeness (QED) is 0.682. The van der Waals surface area contributed by atoms with E-state index in [0.717, 1.165) is 26.5 Å². The Hall–Kier alpha value is -2.14. The first-order valence-electron chi connectivity index (χ1n) is 6.69. The predicted octanol–water partition coefficient (Wildman–Crippen LogP) is 2.89. The molecule has 3 rings (SSSR count). The average Bonchev–Trinajstić information content (AvgIpc) is 2.44. The molecule has 0 spiro atoms. The first-order chi connectivity index (χ1) is 9.95. The van der Waals surface area contributed by atoms with Crippen LogP contribution in [0.4, 0.5) is 11.4 Å². The van der Waals surface area contributed by atoms with Crippen LogP contribution in [0.25, 0.3) is 20.8 Å². The van der Waals surface area contributed by atoms with Crippen molar-refractivity contribution in [2.75, 3.05) is 38.0 Å². The minimum absolute atomic E-state index is 0.0222. The van der Waals surface area contributed by atoms with Gasteiger partial charge in [-0.05, 0) is 24.3 Å². The van der Waals surface area contributed by atoms with E-state index in [4.69, 9.17) is 0 Å². The van der Waals surface area contributed by atoms with Crippen LogP contribution in [0, 0.1) is 0 Å². The summed E-state index contributed by atoms with van der Waals surface area (Å²) in [6.07, 6.45) is 0. The summed E-state index contributed by atoms with van der Waals surface area (Å²) < 4.78 is 1.09. The van der Waals surface area contributed by atoms with Gasteiger partial charge in [0.25, 0.3) is 0 Å². The van der Waals surface area contributed by atoms with Crippen molar-refractivity contribution in [1.82, 2.24) is 4.98 Å². The minimum Gasteiger partial charge on any atom is -0.378 e. The van der Waals surface area contributed by atoms with Crippen LogP contribution >= 0.6 is 11.3 Å². The van der Waals surface area contributed by atoms with Crippen LogP contribution < -0.4 is 15.2 Å². The molecule has 0 N–H and O–H groups in total. The van der Waals surface area contributed by atoms with Crippen molar-refractivity contribution < 1.29 is 0 Å². The lowest BCUT2D eigenvalue weighted by Gasteiger charge is -2.15. The fourth-order valence-corrected chi connectivity index (χ4v) is 3.27. The van der Waals surface area contributed by atoms with Gasteiger partial charge in [-0.3, -0.25) is 4.79 Å². The zero-order valence-corrected chi connectivity index (χ0v) is 13.4. The molecule has 1 aliphatic carbocycles. The maximum Gasteiger partial charge on any atom is 0.207 e. The average molecular weight is 299 g/mol. The highest BCUT2D eigenvalue weighted by Gasteiger charge is 2.13. The molecule has 0 atom stereocenters. The summed E-state index contributed by atoms with van der Waals surface area (Å²) in [7, 11) is 7.90. The summed E-state index contributed by atoms with van der Waals surface area (Å²) in [4.78, 5) is 21.7. The first kappa shape index (κ1) is 13.8. The normalized spacial score (nSPS) is 11.0. The number of hydrogen-bond donors (Lipinski definition) is 0. The zero-order chi connectivity index (χ0) is 15.1. The number of rotatable bonds is 2. The number of aromatic nitrogens is 1. The van der Waals surface area contributed by atoms with Gasteiger partial charge in [0, 0.05) is 45.6 Å². The molecule has 2 aliphatic rings. The molecular formula is C16H17N3OS. The van der Waals surface area contributed by atoms with Gasteiger partial charge >= 0.3 is 0 Å². The van der Waals surface area contributed by atoms with Gasteiger partial charge in [-0.2, -0.15) is 0 Å². The number of benzene rings is 2. The molecule has 108 valence electrons. The van der Waals surface area contributed by atoms with Crippen molar-refractivity contribution in [2.24, 2.45) is 0 Å². The molecule has 0 fully saturated rings. The van der Waals surface area contributed by atoms with E-state index >= 15 is 0 Å². The molecule has 21 heavy (non-hydrogen) atoms. The van der Waals surface area contributed by atoms with Crippen LogP contribution in [0.2, 0.25) is 0 Å². The summed E-state index contributed by atoms with van der Waals surface area (Å²) in [6, 6.07) is 9.77. The standard InChI is InChI=1S/C16H17N3OS/c1-18(2)10-5-6-12-14(8-10)21-15-9-11(19(3)4)7-13(20)16(15)17-12/h5-9H,1-4H3. The molecule has 0 amide bonds. The highest BCUT2D eigenvalue weighted by molar-refractivity contribution is 7.21. The van der Waals surface area contributed by atoms with Crippen LogP contribution in [-0.2, 0) is 0 Å². The van der Waals surface area contributed by atoms with Gasteiger partial charge < -0.3 is 9.80 Å². The second-order valence-electron chi connectivity index (χ2n) is 5.45. The third-order valence-corrected chi connectivity index (χ3v) is 4.53. The second-order valence-corrected chi connectivity index (χ2v) is 6.53. The molecule has 0 bridgehead atoms. The monoisotopic (exact) mass is 299 g/mol. The van der Waals surface area contributed by atoms with Crippen LogP contribution in [0.15, 0.2) is 35.1 Å². The maximum absolute atomic E-state index is 12.2. The molecule has 1 aliphatic heterocycles. The Morgan fingerprint density at radius 1 is 0.952 bits per heavy atom. The smallest absolute Gasteiger partial charge is 0.207 e. The van der Waals surface area contributed by atoms with Crippen molar-refractivity contribution >= 4 is 32.9 Å². The van der Waals surface area contributed by atoms with E-state index in [2.05, 4.69) is 16.0 Å². The van der Waals surface area contributed by atoms with Gasteiger partial charge in [0.15, 0.2) is 0 Å². The number of nitrogens with zero attached hydrogens (tertiary/aromatic N) is 3. The van der Waals surface area contributed by atoms with Crippen LogP contribution in [0.3, 0.4) is 0 Å². The molecule has 1 aromatic rings. The van der Waals surface area contributed by atoms with Crippen LogP contribution in [0.1, 0.15) is 0 Å². The van der Waals surface area contributed by atoms with Crippen LogP contribution in [-0.4, -0.2) is 33.2 Å². The highest BCUT2D eigenvalue weighted by Crippen LogP contribution is 2.32. The fourth-order valence-electron chi connectivity index (χ4n) is 2.21. The molecular weight excluding hydrogens is 282 g/mol. The van der Waals surface area contributed by atoms with E-state index < -0.39 is 0 Å². The third-order valence-electron chi connectivity index (χ3n) is 3.45. The number of hydrogen-bond acceptors (Lipinski definition) is 5. The van der Waals surface area contributed by atoms with Gasteiger partial charge in [0.05, 0.1) is 15.1 Å². The summed E-state index contributed by atoms with van der Waals surface area (Å²) in [5.74, 6) is 0. The number of anilines is 2. The molecule has 0 saturated carbocycles. The Balaban J connectivity index is 2.31. The van der Waals surface area contributed by atoms with Gasteiger partial charge in [0.2, 0.25) is 5.43 Å². The topological polar surface area (TPSA) is 36.4 Å². The highest BCUT2D eigenvalue weighted by atomic mass is 32.1. The van der Waals surface area contributed by atoms with Crippen molar-refractivity contribution in [3.05, 3.63) is 40.6 Å². The largest absolute Gasteiger partial charge is 0.378 e. The molecule has 0 radical (unpaired) electrons. The van der Waals surface area contributed by atoms with E-state index in [-0.39, 0.29) is 5.43 Å². The molecule has 1 aromatic carbocycles. The van der Waals surface area contributed by atoms with Crippen molar-refractivity contribution in [3.63, 3.8) is 0 Å². The molecule has 1 heterocycles. The van der Waals surface area contributed by atoms with Gasteiger partial charge in [-0.25, -0.2) is 4.98 Å². The summed E-state index contributed by atoms with van der Waals surface area (Å²) in [6.45, 7) is 0. The van der Waals surface area contributed by atoms with Crippen LogP contribution in [0.5, 0.6) is 0 Å². The summed E-state index contributed by atoms with van der Waals surface area (Å²) >= 11 is 1.61. The van der Waals surface area contributed by atoms with Gasteiger partial charge in [-0.1, -0.05) is 0 Å². The van der Waals surface area contributed by atoms with Gasteiger partial charge in [0.1, 0.15) is 5.69 Å². The Morgan fingerprint density at radius 3 is 2.33 bits per heavy atom. The van der Waals surface area contributed by atoms with Crippen molar-refractivity contribution in [2.45, 2.75) is 0 Å². The first-order valence-corrected chi connectivity index (χ1v) is 7.50. The third kappa shape index (κ3) is 2.45. The van der Waals surface area contributed by atoms with E-state index in [9.17, 15) is 4.79 Å². The van der Waals surface area contributed by atoms with Crippen molar-refractivity contribution in [1.29, 1.82) is 0 Å². The minimum atomic E-state index is -0.0222. The van der Waals surface area contributed by atoms with Crippen molar-refractivity contribution in [3.8, 4) is 10.6 Å². The lowest BCUT2D eigenvalue weighted by Crippen LogP contribution is -2.14. The Labute approximate surface area is 127 Å². The SMILES string of the molecule is CN(C)c1cc2sc3cc(N(C)C)ccc3nc-2c(=O)c1. The fraction of sp³-hybridized carbons (Fsp3) is 0.250. The maximum atomic E-state index is 12.2. The lowest BCUT2D eigenvalue weighted by molar-refractivity contribution is 1.13. The molecule has 5 heteroatoms. The Bertz CT molecular complexity index is 839. The Kier molecular flexibility index (Phi) is 3.29. The van der Waals surface area contributed by atoms with E-state index in [0.29, 0.717) is 5.69 Å². The van der Waals surface area contributed by atoms with E-state index in [1.54, 1.807) is 17.4 Å². The van der Waals surface area contributed by atoms with E-state index in [1.165, 1.54) is 0 Å². The zero-order valence-electron chi connectivity index (χ0n) is 12.5. The predicted molar refractivity (Wildman–Crippen MR) is 91.2 cm³/mol. The summed E-state index contributed by atoms with van der Waals surface area (Å²) in [5, 5.41) is 0. The Morgan fingerprint density at radius 2 is 1.67 bits per heavy atom. The molecule has 0 aromatic heterocycles. The second kappa shape index (κ2) is 5.00. The lowest BCUT2D eigenvalue weighted by atomic mass is 10.2. The molecule has 0 saturated heterocycles. The number of fused-ring (bicyclic) bond motifs is 2. The molecule has 0 unspecified atom stereocenters. The summed E-state index contributed by atoms with van der Waals surface area (Å²) in [5.41, 5.74) is 3.44.